The predicted octanol–water partition coefficient (Wildman–Crippen LogP) is 7.12. The first-order chi connectivity index (χ1) is 20.6. The zero-order valence-corrected chi connectivity index (χ0v) is 27.4. The van der Waals surface area contributed by atoms with E-state index in [1.807, 2.05) is 33.3 Å². The van der Waals surface area contributed by atoms with Crippen LogP contribution in [0.1, 0.15) is 90.9 Å². The molecule has 0 aromatic carbocycles. The maximum Gasteiger partial charge on any atom is 0.362 e. The van der Waals surface area contributed by atoms with Crippen LogP contribution < -0.4 is 0 Å². The van der Waals surface area contributed by atoms with E-state index in [1.54, 1.807) is 0 Å². The van der Waals surface area contributed by atoms with Gasteiger partial charge >= 0.3 is 17.9 Å². The molecule has 0 saturated heterocycles. The zero-order chi connectivity index (χ0) is 32.2. The third kappa shape index (κ3) is 25.3. The van der Waals surface area contributed by atoms with E-state index in [1.165, 1.54) is 0 Å². The molecule has 0 aliphatic heterocycles. The van der Waals surface area contributed by atoms with E-state index in [-0.39, 0.29) is 36.7 Å². The topological polar surface area (TPSA) is 99.1 Å². The van der Waals surface area contributed by atoms with Gasteiger partial charge in [-0.2, -0.15) is 0 Å². The highest BCUT2D eigenvalue weighted by molar-refractivity contribution is 5.72. The molecule has 0 bridgehead atoms. The lowest BCUT2D eigenvalue weighted by Crippen LogP contribution is -2.50. The van der Waals surface area contributed by atoms with Crippen LogP contribution in [0, 0.1) is 0 Å². The fourth-order valence-corrected chi connectivity index (χ4v) is 3.99. The quantitative estimate of drug-likeness (QED) is 0.0486. The SMILES string of the molecule is CC/C=C/C/C=C/C/C=C/CCCCC(=O)OCC(COCCC(C(=O)O)[N+](C)(C)C)OC(=O)CC/C=C/C/C=C/CC. The van der Waals surface area contributed by atoms with Crippen LogP contribution in [0.4, 0.5) is 0 Å². The minimum atomic E-state index is -0.894. The fourth-order valence-electron chi connectivity index (χ4n) is 3.99. The summed E-state index contributed by atoms with van der Waals surface area (Å²) in [6.45, 7) is 4.31. The van der Waals surface area contributed by atoms with Crippen molar-refractivity contribution >= 4 is 17.9 Å². The van der Waals surface area contributed by atoms with Gasteiger partial charge in [-0.15, -0.1) is 0 Å². The summed E-state index contributed by atoms with van der Waals surface area (Å²) in [6, 6.07) is -0.628. The smallest absolute Gasteiger partial charge is 0.362 e. The van der Waals surface area contributed by atoms with Crippen LogP contribution in [0.2, 0.25) is 0 Å². The number of carboxylic acid groups (broad SMARTS) is 1. The summed E-state index contributed by atoms with van der Waals surface area (Å²) < 4.78 is 16.9. The standard InChI is InChI=1S/C35H57NO7/c1-6-8-10-12-14-15-16-17-18-20-21-23-25-33(37)42-30-31(29-41-28-27-32(35(39)40)36(3,4)5)43-34(38)26-24-22-19-13-11-9-7-2/h8-11,14-15,17-19,22,31-32H,6-7,12-13,16,20-21,23-30H2,1-5H3/p+1/b10-8+,11-9+,15-14+,18-17+,22-19+. The van der Waals surface area contributed by atoms with Crippen LogP contribution in [0.3, 0.4) is 0 Å². The molecule has 1 N–H and O–H groups in total. The number of hydrogen-bond donors (Lipinski definition) is 1. The number of allylic oxidation sites excluding steroid dienone is 10. The number of likely N-dealkylation sites (N-methyl/N-ethyl adjacent to an activating group) is 1. The minimum absolute atomic E-state index is 0.0221. The second-order valence-corrected chi connectivity index (χ2v) is 11.3. The summed E-state index contributed by atoms with van der Waals surface area (Å²) in [7, 11) is 5.46. The Hall–Kier alpha value is -2.97. The summed E-state index contributed by atoms with van der Waals surface area (Å²) in [5.41, 5.74) is 0. The van der Waals surface area contributed by atoms with Gasteiger partial charge in [-0.05, 0) is 57.8 Å². The van der Waals surface area contributed by atoms with Crippen molar-refractivity contribution in [3.8, 4) is 0 Å². The van der Waals surface area contributed by atoms with Gasteiger partial charge in [-0.25, -0.2) is 4.79 Å². The van der Waals surface area contributed by atoms with Crippen molar-refractivity contribution in [2.45, 2.75) is 103 Å². The van der Waals surface area contributed by atoms with Crippen LogP contribution in [0.5, 0.6) is 0 Å². The Morgan fingerprint density at radius 2 is 1.26 bits per heavy atom. The van der Waals surface area contributed by atoms with Crippen molar-refractivity contribution in [3.05, 3.63) is 60.8 Å². The molecule has 8 heteroatoms. The molecular formula is C35H58NO7+. The molecule has 0 aromatic heterocycles. The number of unbranched alkanes of at least 4 members (excludes halogenated alkanes) is 2. The van der Waals surface area contributed by atoms with Crippen LogP contribution in [-0.4, -0.2) is 80.6 Å². The van der Waals surface area contributed by atoms with Gasteiger partial charge in [0.25, 0.3) is 0 Å². The minimum Gasteiger partial charge on any atom is -0.477 e. The van der Waals surface area contributed by atoms with E-state index in [4.69, 9.17) is 14.2 Å². The first kappa shape index (κ1) is 40.0. The lowest BCUT2D eigenvalue weighted by molar-refractivity contribution is -0.887. The average Bonchev–Trinajstić information content (AvgIpc) is 2.94. The molecule has 0 aliphatic carbocycles. The zero-order valence-electron chi connectivity index (χ0n) is 27.4. The van der Waals surface area contributed by atoms with Gasteiger partial charge in [-0.3, -0.25) is 9.59 Å². The number of carbonyl (C=O) groups is 3. The molecule has 0 amide bonds. The first-order valence-corrected chi connectivity index (χ1v) is 15.8. The summed E-state index contributed by atoms with van der Waals surface area (Å²) >= 11 is 0. The average molecular weight is 605 g/mol. The predicted molar refractivity (Wildman–Crippen MR) is 174 cm³/mol. The van der Waals surface area contributed by atoms with Crippen molar-refractivity contribution in [1.82, 2.24) is 0 Å². The highest BCUT2D eigenvalue weighted by atomic mass is 16.6. The molecule has 8 nitrogen and oxygen atoms in total. The van der Waals surface area contributed by atoms with E-state index in [9.17, 15) is 19.5 Å². The van der Waals surface area contributed by atoms with Crippen LogP contribution >= 0.6 is 0 Å². The Bertz CT molecular complexity index is 896. The summed E-state index contributed by atoms with van der Waals surface area (Å²) in [6.07, 6.45) is 28.9. The molecule has 43 heavy (non-hydrogen) atoms. The number of carboxylic acids is 1. The number of hydrogen-bond acceptors (Lipinski definition) is 6. The highest BCUT2D eigenvalue weighted by Crippen LogP contribution is 2.10. The lowest BCUT2D eigenvalue weighted by atomic mass is 10.1. The van der Waals surface area contributed by atoms with Crippen molar-refractivity contribution in [1.29, 1.82) is 0 Å². The number of nitrogens with zero attached hydrogens (tertiary/aromatic N) is 1. The third-order valence-electron chi connectivity index (χ3n) is 6.43. The van der Waals surface area contributed by atoms with Gasteiger partial charge in [0.1, 0.15) is 6.61 Å². The second kappa shape index (κ2) is 26.6. The van der Waals surface area contributed by atoms with E-state index >= 15 is 0 Å². The molecule has 0 saturated carbocycles. The summed E-state index contributed by atoms with van der Waals surface area (Å²) in [5.74, 6) is -1.63. The number of ether oxygens (including phenoxy) is 3. The molecule has 0 fully saturated rings. The van der Waals surface area contributed by atoms with Crippen LogP contribution in [-0.2, 0) is 28.6 Å². The summed E-state index contributed by atoms with van der Waals surface area (Å²) in [5, 5.41) is 9.52. The monoisotopic (exact) mass is 604 g/mol. The van der Waals surface area contributed by atoms with Crippen molar-refractivity contribution in [2.24, 2.45) is 0 Å². The van der Waals surface area contributed by atoms with Crippen LogP contribution in [0.25, 0.3) is 0 Å². The normalized spacial score (nSPS) is 14.0. The number of esters is 2. The Morgan fingerprint density at radius 1 is 0.698 bits per heavy atom. The number of rotatable bonds is 26. The molecular weight excluding hydrogens is 546 g/mol. The van der Waals surface area contributed by atoms with Gasteiger partial charge in [0.05, 0.1) is 34.4 Å². The Balaban J connectivity index is 4.61. The molecule has 2 atom stereocenters. The molecule has 0 aliphatic rings. The van der Waals surface area contributed by atoms with Gasteiger partial charge in [0.15, 0.2) is 12.1 Å². The molecule has 0 radical (unpaired) electrons. The third-order valence-corrected chi connectivity index (χ3v) is 6.43. The highest BCUT2D eigenvalue weighted by Gasteiger charge is 2.31. The molecule has 244 valence electrons. The van der Waals surface area contributed by atoms with E-state index < -0.39 is 24.1 Å². The molecule has 0 aromatic rings. The van der Waals surface area contributed by atoms with Crippen molar-refractivity contribution < 1.29 is 38.2 Å². The Morgan fingerprint density at radius 3 is 1.81 bits per heavy atom. The Labute approximate surface area is 260 Å². The maximum absolute atomic E-state index is 12.4. The molecule has 0 heterocycles. The largest absolute Gasteiger partial charge is 0.477 e. The number of carbonyl (C=O) groups excluding carboxylic acids is 2. The molecule has 0 rings (SSSR count). The van der Waals surface area contributed by atoms with Crippen molar-refractivity contribution in [2.75, 3.05) is 41.0 Å². The van der Waals surface area contributed by atoms with Gasteiger partial charge in [0.2, 0.25) is 0 Å². The van der Waals surface area contributed by atoms with E-state index in [0.717, 1.165) is 44.9 Å². The fraction of sp³-hybridized carbons (Fsp3) is 0.629. The van der Waals surface area contributed by atoms with Gasteiger partial charge in [-0.1, -0.05) is 74.6 Å². The van der Waals surface area contributed by atoms with E-state index in [2.05, 4.69) is 62.5 Å². The van der Waals surface area contributed by atoms with Gasteiger partial charge in [0, 0.05) is 19.3 Å². The second-order valence-electron chi connectivity index (χ2n) is 11.3. The first-order valence-electron chi connectivity index (χ1n) is 15.8. The van der Waals surface area contributed by atoms with E-state index in [0.29, 0.717) is 25.7 Å². The summed E-state index contributed by atoms with van der Waals surface area (Å²) in [4.78, 5) is 36.4. The van der Waals surface area contributed by atoms with Gasteiger partial charge < -0.3 is 23.8 Å². The Kier molecular flexibility index (Phi) is 24.8. The maximum atomic E-state index is 12.4. The van der Waals surface area contributed by atoms with Crippen molar-refractivity contribution in [3.63, 3.8) is 0 Å². The molecule has 0 spiro atoms. The number of quaternary nitrogens is 1. The lowest BCUT2D eigenvalue weighted by Gasteiger charge is -2.31. The number of aliphatic carboxylic acids is 1. The molecule has 2 unspecified atom stereocenters. The van der Waals surface area contributed by atoms with Crippen LogP contribution in [0.15, 0.2) is 60.8 Å².